The van der Waals surface area contributed by atoms with Crippen molar-refractivity contribution in [2.24, 2.45) is 4.99 Å². The summed E-state index contributed by atoms with van der Waals surface area (Å²) in [6.07, 6.45) is 2.94. The smallest absolute Gasteiger partial charge is 0.191 e. The van der Waals surface area contributed by atoms with E-state index in [1.807, 2.05) is 0 Å². The first kappa shape index (κ1) is 20.7. The summed E-state index contributed by atoms with van der Waals surface area (Å²) in [6, 6.07) is 8.66. The topological polar surface area (TPSA) is 48.9 Å². The number of nitrogens with one attached hydrogen (secondary N) is 2. The zero-order valence-corrected chi connectivity index (χ0v) is 16.9. The predicted molar refractivity (Wildman–Crippen MR) is 109 cm³/mol. The number of unbranched alkanes of at least 4 members (excludes halogenated alkanes) is 1. The van der Waals surface area contributed by atoms with E-state index in [-0.39, 0.29) is 0 Å². The van der Waals surface area contributed by atoms with Gasteiger partial charge in [-0.15, -0.1) is 0 Å². The Labute approximate surface area is 159 Å². The van der Waals surface area contributed by atoms with Crippen molar-refractivity contribution in [3.8, 4) is 0 Å². The summed E-state index contributed by atoms with van der Waals surface area (Å²) in [5.41, 5.74) is 2.66. The van der Waals surface area contributed by atoms with Gasteiger partial charge in [0.15, 0.2) is 5.96 Å². The molecular weight excluding hydrogens is 324 g/mol. The van der Waals surface area contributed by atoms with Crippen molar-refractivity contribution in [3.05, 3.63) is 35.4 Å². The van der Waals surface area contributed by atoms with E-state index < -0.39 is 0 Å². The summed E-state index contributed by atoms with van der Waals surface area (Å²) in [7, 11) is 0. The van der Waals surface area contributed by atoms with Crippen LogP contribution in [0.5, 0.6) is 0 Å². The highest BCUT2D eigenvalue weighted by Gasteiger charge is 2.22. The minimum absolute atomic E-state index is 0.298. The molecule has 146 valence electrons. The van der Waals surface area contributed by atoms with Gasteiger partial charge in [0.25, 0.3) is 0 Å². The summed E-state index contributed by atoms with van der Waals surface area (Å²) >= 11 is 0. The molecule has 1 aliphatic rings. The Balaban J connectivity index is 2.01. The minimum atomic E-state index is 0.298. The Morgan fingerprint density at radius 3 is 2.46 bits per heavy atom. The largest absolute Gasteiger partial charge is 0.373 e. The van der Waals surface area contributed by atoms with Crippen molar-refractivity contribution in [1.82, 2.24) is 15.5 Å². The third-order valence-electron chi connectivity index (χ3n) is 4.58. The molecule has 0 aromatic heterocycles. The Morgan fingerprint density at radius 1 is 1.12 bits per heavy atom. The Bertz CT molecular complexity index is 551. The minimum Gasteiger partial charge on any atom is -0.373 e. The molecule has 0 radical (unpaired) electrons. The van der Waals surface area contributed by atoms with Crippen LogP contribution in [0.25, 0.3) is 0 Å². The van der Waals surface area contributed by atoms with Gasteiger partial charge in [-0.05, 0) is 38.3 Å². The highest BCUT2D eigenvalue weighted by molar-refractivity contribution is 5.79. The van der Waals surface area contributed by atoms with Crippen molar-refractivity contribution in [1.29, 1.82) is 0 Å². The number of hydrogen-bond donors (Lipinski definition) is 2. The van der Waals surface area contributed by atoms with E-state index in [0.29, 0.717) is 18.8 Å². The molecule has 2 unspecified atom stereocenters. The monoisotopic (exact) mass is 360 g/mol. The van der Waals surface area contributed by atoms with Crippen LogP contribution >= 0.6 is 0 Å². The van der Waals surface area contributed by atoms with E-state index in [0.717, 1.165) is 45.1 Å². The fourth-order valence-electron chi connectivity index (χ4n) is 3.41. The maximum atomic E-state index is 5.86. The molecule has 2 rings (SSSR count). The van der Waals surface area contributed by atoms with Gasteiger partial charge < -0.3 is 15.4 Å². The molecule has 2 atom stereocenters. The predicted octanol–water partition coefficient (Wildman–Crippen LogP) is 3.15. The Hall–Kier alpha value is -1.59. The average molecular weight is 361 g/mol. The lowest BCUT2D eigenvalue weighted by Gasteiger charge is -2.35. The van der Waals surface area contributed by atoms with Crippen molar-refractivity contribution >= 4 is 5.96 Å². The number of ether oxygens (including phenoxy) is 1. The van der Waals surface area contributed by atoms with Crippen LogP contribution in [0.15, 0.2) is 29.3 Å². The molecule has 5 heteroatoms. The summed E-state index contributed by atoms with van der Waals surface area (Å²) < 4.78 is 5.86. The van der Waals surface area contributed by atoms with Gasteiger partial charge in [0, 0.05) is 32.7 Å². The summed E-state index contributed by atoms with van der Waals surface area (Å²) in [6.45, 7) is 14.1. The lowest BCUT2D eigenvalue weighted by Crippen LogP contribution is -2.44. The summed E-state index contributed by atoms with van der Waals surface area (Å²) in [4.78, 5) is 7.28. The van der Waals surface area contributed by atoms with Crippen molar-refractivity contribution < 1.29 is 4.74 Å². The van der Waals surface area contributed by atoms with Crippen molar-refractivity contribution in [3.63, 3.8) is 0 Å². The second-order valence-electron chi connectivity index (χ2n) is 7.20. The molecule has 0 saturated carbocycles. The van der Waals surface area contributed by atoms with Gasteiger partial charge in [-0.3, -0.25) is 4.90 Å². The maximum Gasteiger partial charge on any atom is 0.191 e. The zero-order chi connectivity index (χ0) is 18.8. The lowest BCUT2D eigenvalue weighted by atomic mass is 10.1. The number of morpholine rings is 1. The quantitative estimate of drug-likeness (QED) is 0.425. The number of rotatable bonds is 8. The third kappa shape index (κ3) is 6.96. The second-order valence-corrected chi connectivity index (χ2v) is 7.20. The van der Waals surface area contributed by atoms with Crippen LogP contribution in [0.1, 0.15) is 51.7 Å². The first-order valence-electron chi connectivity index (χ1n) is 10.1. The molecule has 0 amide bonds. The molecule has 1 heterocycles. The zero-order valence-electron chi connectivity index (χ0n) is 16.9. The van der Waals surface area contributed by atoms with Gasteiger partial charge in [-0.1, -0.05) is 37.6 Å². The molecular formula is C21H36N4O. The van der Waals surface area contributed by atoms with Crippen molar-refractivity contribution in [2.75, 3.05) is 26.2 Å². The van der Waals surface area contributed by atoms with Crippen LogP contribution in [0, 0.1) is 0 Å². The van der Waals surface area contributed by atoms with Gasteiger partial charge in [0.1, 0.15) is 0 Å². The fourth-order valence-corrected chi connectivity index (χ4v) is 3.41. The van der Waals surface area contributed by atoms with E-state index in [4.69, 9.17) is 9.73 Å². The number of nitrogens with zero attached hydrogens (tertiary/aromatic N) is 2. The standard InChI is InChI=1S/C21H36N4O/c1-5-7-12-23-21(22-6-2)24-13-19-10-8-9-11-20(19)16-25-14-17(3)26-18(4)15-25/h8-11,17-18H,5-7,12-16H2,1-4H3,(H2,22,23,24). The number of benzene rings is 1. The normalized spacial score (nSPS) is 21.6. The Kier molecular flexibility index (Phi) is 8.92. The molecule has 26 heavy (non-hydrogen) atoms. The van der Waals surface area contributed by atoms with Crippen LogP contribution in [-0.2, 0) is 17.8 Å². The molecule has 1 saturated heterocycles. The number of aliphatic imine (C=N–C) groups is 1. The van der Waals surface area contributed by atoms with Crippen molar-refractivity contribution in [2.45, 2.75) is 65.8 Å². The third-order valence-corrected chi connectivity index (χ3v) is 4.58. The molecule has 5 nitrogen and oxygen atoms in total. The van der Waals surface area contributed by atoms with Gasteiger partial charge in [0.05, 0.1) is 18.8 Å². The average Bonchev–Trinajstić information content (AvgIpc) is 2.60. The van der Waals surface area contributed by atoms with Crippen LogP contribution in [-0.4, -0.2) is 49.2 Å². The SMILES string of the molecule is CCCCNC(=NCc1ccccc1CN1CC(C)OC(C)C1)NCC. The molecule has 1 fully saturated rings. The van der Waals surface area contributed by atoms with E-state index in [1.54, 1.807) is 0 Å². The first-order chi connectivity index (χ1) is 12.6. The molecule has 0 bridgehead atoms. The van der Waals surface area contributed by atoms with Gasteiger partial charge in [-0.2, -0.15) is 0 Å². The molecule has 1 aromatic carbocycles. The second kappa shape index (κ2) is 11.2. The lowest BCUT2D eigenvalue weighted by molar-refractivity contribution is -0.0705. The highest BCUT2D eigenvalue weighted by Crippen LogP contribution is 2.17. The molecule has 0 spiro atoms. The van der Waals surface area contributed by atoms with E-state index in [1.165, 1.54) is 17.5 Å². The number of guanidine groups is 1. The summed E-state index contributed by atoms with van der Waals surface area (Å²) in [5, 5.41) is 6.75. The van der Waals surface area contributed by atoms with E-state index in [2.05, 4.69) is 67.5 Å². The van der Waals surface area contributed by atoms with Gasteiger partial charge in [0.2, 0.25) is 0 Å². The number of hydrogen-bond acceptors (Lipinski definition) is 3. The molecule has 0 aliphatic carbocycles. The Morgan fingerprint density at radius 2 is 1.81 bits per heavy atom. The van der Waals surface area contributed by atoms with Crippen LogP contribution in [0.4, 0.5) is 0 Å². The first-order valence-corrected chi connectivity index (χ1v) is 10.1. The maximum absolute atomic E-state index is 5.86. The molecule has 1 aliphatic heterocycles. The highest BCUT2D eigenvalue weighted by atomic mass is 16.5. The van der Waals surface area contributed by atoms with E-state index in [9.17, 15) is 0 Å². The van der Waals surface area contributed by atoms with Gasteiger partial charge >= 0.3 is 0 Å². The summed E-state index contributed by atoms with van der Waals surface area (Å²) in [5.74, 6) is 0.907. The van der Waals surface area contributed by atoms with Gasteiger partial charge in [-0.25, -0.2) is 4.99 Å². The molecule has 1 aromatic rings. The van der Waals surface area contributed by atoms with Crippen LogP contribution in [0.3, 0.4) is 0 Å². The molecule has 2 N–H and O–H groups in total. The fraction of sp³-hybridized carbons (Fsp3) is 0.667. The van der Waals surface area contributed by atoms with E-state index >= 15 is 0 Å². The van der Waals surface area contributed by atoms with Crippen LogP contribution < -0.4 is 10.6 Å². The van der Waals surface area contributed by atoms with Crippen LogP contribution in [0.2, 0.25) is 0 Å².